The zero-order valence-electron chi connectivity index (χ0n) is 16.6. The Hall–Kier alpha value is -3.77. The van der Waals surface area contributed by atoms with Crippen molar-refractivity contribution < 1.29 is 23.1 Å². The van der Waals surface area contributed by atoms with E-state index in [2.05, 4.69) is 30.3 Å². The lowest BCUT2D eigenvalue weighted by Crippen LogP contribution is -2.22. The van der Waals surface area contributed by atoms with Gasteiger partial charge in [-0.2, -0.15) is 13.9 Å². The van der Waals surface area contributed by atoms with Crippen molar-refractivity contribution in [2.24, 2.45) is 5.73 Å². The maximum atomic E-state index is 13.2. The number of primary amides is 1. The van der Waals surface area contributed by atoms with Crippen LogP contribution in [0.3, 0.4) is 0 Å². The molecule has 170 valence electrons. The smallest absolute Gasteiger partial charge is 0.388 e. The van der Waals surface area contributed by atoms with Crippen molar-refractivity contribution in [3.63, 3.8) is 0 Å². The predicted octanol–water partition coefficient (Wildman–Crippen LogP) is 3.71. The summed E-state index contributed by atoms with van der Waals surface area (Å²) in [6, 6.07) is 3.99. The van der Waals surface area contributed by atoms with Crippen LogP contribution in [0.5, 0.6) is 5.88 Å². The van der Waals surface area contributed by atoms with Gasteiger partial charge in [0.25, 0.3) is 11.8 Å². The first-order chi connectivity index (χ1) is 15.7. The molecule has 0 aliphatic heterocycles. The van der Waals surface area contributed by atoms with Gasteiger partial charge in [0.05, 0.1) is 33.0 Å². The molecule has 3 aromatic heterocycles. The first-order valence-corrected chi connectivity index (χ1v) is 9.85. The molecule has 0 aliphatic rings. The number of halogens is 4. The van der Waals surface area contributed by atoms with Crippen LogP contribution in [0, 0.1) is 6.92 Å². The van der Waals surface area contributed by atoms with Crippen molar-refractivity contribution in [3.05, 3.63) is 57.5 Å². The highest BCUT2D eigenvalue weighted by atomic mass is 35.5. The first-order valence-electron chi connectivity index (χ1n) is 9.09. The van der Waals surface area contributed by atoms with Gasteiger partial charge in [0, 0.05) is 17.6 Å². The van der Waals surface area contributed by atoms with Crippen LogP contribution in [0.4, 0.5) is 14.5 Å². The van der Waals surface area contributed by atoms with E-state index in [9.17, 15) is 18.4 Å². The summed E-state index contributed by atoms with van der Waals surface area (Å²) in [5.74, 6) is -2.27. The molecule has 4 rings (SSSR count). The fraction of sp³-hybridized carbons (Fsp3) is 0.105. The van der Waals surface area contributed by atoms with Crippen LogP contribution in [0.1, 0.15) is 26.4 Å². The second-order valence-corrected chi connectivity index (χ2v) is 7.56. The average Bonchev–Trinajstić information content (AvgIpc) is 3.34. The van der Waals surface area contributed by atoms with E-state index in [1.54, 1.807) is 13.0 Å². The fourth-order valence-electron chi connectivity index (χ4n) is 3.21. The fourth-order valence-corrected chi connectivity index (χ4v) is 3.67. The maximum Gasteiger partial charge on any atom is 0.388 e. The minimum absolute atomic E-state index is 0.00358. The van der Waals surface area contributed by atoms with Crippen molar-refractivity contribution in [3.8, 4) is 11.7 Å². The Morgan fingerprint density at radius 2 is 2.00 bits per heavy atom. The van der Waals surface area contributed by atoms with Crippen LogP contribution in [-0.4, -0.2) is 43.4 Å². The minimum atomic E-state index is -3.19. The summed E-state index contributed by atoms with van der Waals surface area (Å²) in [5.41, 5.74) is 6.19. The van der Waals surface area contributed by atoms with Gasteiger partial charge < -0.3 is 15.8 Å². The van der Waals surface area contributed by atoms with E-state index in [0.29, 0.717) is 16.5 Å². The molecule has 33 heavy (non-hydrogen) atoms. The third-order valence-electron chi connectivity index (χ3n) is 4.54. The number of alkyl halides is 2. The van der Waals surface area contributed by atoms with Crippen molar-refractivity contribution in [1.29, 1.82) is 0 Å². The number of fused-ring (bicyclic) bond motifs is 1. The Morgan fingerprint density at radius 1 is 1.24 bits per heavy atom. The molecule has 3 heterocycles. The number of carbonyl (C=O) groups excluding carboxylic acids is 2. The van der Waals surface area contributed by atoms with Crippen molar-refractivity contribution >= 4 is 51.6 Å². The summed E-state index contributed by atoms with van der Waals surface area (Å²) < 4.78 is 30.8. The number of hydrogen-bond donors (Lipinski definition) is 3. The zero-order chi connectivity index (χ0) is 23.9. The number of pyridine rings is 1. The average molecular weight is 496 g/mol. The monoisotopic (exact) mass is 495 g/mol. The van der Waals surface area contributed by atoms with Crippen molar-refractivity contribution in [1.82, 2.24) is 25.0 Å². The Balaban J connectivity index is 1.82. The maximum absolute atomic E-state index is 13.2. The first kappa shape index (κ1) is 22.4. The summed E-state index contributed by atoms with van der Waals surface area (Å²) in [5, 5.41) is 13.8. The van der Waals surface area contributed by atoms with Gasteiger partial charge in [0.15, 0.2) is 5.82 Å². The van der Waals surface area contributed by atoms with E-state index < -0.39 is 24.3 Å². The number of ether oxygens (including phenoxy) is 1. The summed E-state index contributed by atoms with van der Waals surface area (Å²) in [6.45, 7) is -1.54. The Kier molecular flexibility index (Phi) is 5.87. The molecule has 14 heteroatoms. The van der Waals surface area contributed by atoms with Crippen molar-refractivity contribution in [2.75, 3.05) is 5.32 Å². The zero-order valence-corrected chi connectivity index (χ0v) is 18.1. The van der Waals surface area contributed by atoms with Crippen LogP contribution >= 0.6 is 23.2 Å². The van der Waals surface area contributed by atoms with E-state index in [4.69, 9.17) is 28.9 Å². The van der Waals surface area contributed by atoms with Gasteiger partial charge in [-0.3, -0.25) is 14.7 Å². The Bertz CT molecular complexity index is 1400. The van der Waals surface area contributed by atoms with E-state index >= 15 is 0 Å². The molecule has 0 saturated heterocycles. The number of nitrogens with one attached hydrogen (secondary N) is 2. The number of aryl methyl sites for hydroxylation is 1. The number of anilines is 1. The molecule has 0 unspecified atom stereocenters. The molecule has 0 radical (unpaired) electrons. The number of nitrogens with zero attached hydrogens (tertiary/aromatic N) is 4. The molecule has 0 fully saturated rings. The van der Waals surface area contributed by atoms with Gasteiger partial charge in [0.1, 0.15) is 5.69 Å². The van der Waals surface area contributed by atoms with Crippen LogP contribution in [0.25, 0.3) is 16.7 Å². The highest BCUT2D eigenvalue weighted by Gasteiger charge is 2.25. The number of rotatable bonds is 6. The standard InChI is InChI=1S/C19H13Cl2F2N7O3/c1-7-2-8-5-26-28-15(8)13(16(24)31)14(7)27-18(32)11-4-12(33-19(22)23)29-30(11)17-10(21)3-9(20)6-25-17/h2-6,19H,1H3,(H2,24,31)(H,26,28)(H,27,32). The number of carbonyl (C=O) groups is 2. The summed E-state index contributed by atoms with van der Waals surface area (Å²) in [4.78, 5) is 29.4. The van der Waals surface area contributed by atoms with Crippen LogP contribution in [0.15, 0.2) is 30.6 Å². The lowest BCUT2D eigenvalue weighted by molar-refractivity contribution is -0.0530. The van der Waals surface area contributed by atoms with E-state index in [1.807, 2.05) is 0 Å². The molecule has 0 atom stereocenters. The van der Waals surface area contributed by atoms with Gasteiger partial charge in [-0.25, -0.2) is 9.67 Å². The highest BCUT2D eigenvalue weighted by molar-refractivity contribution is 6.35. The SMILES string of the molecule is Cc1cc2cn[nH]c2c(C(N)=O)c1NC(=O)c1cc(OC(F)F)nn1-c1ncc(Cl)cc1Cl. The minimum Gasteiger partial charge on any atom is -0.415 e. The molecule has 0 spiro atoms. The molecule has 0 aliphatic carbocycles. The van der Waals surface area contributed by atoms with Crippen LogP contribution in [0.2, 0.25) is 10.0 Å². The molecule has 10 nitrogen and oxygen atoms in total. The van der Waals surface area contributed by atoms with Gasteiger partial charge in [0.2, 0.25) is 5.88 Å². The molecule has 4 N–H and O–H groups in total. The number of nitrogens with two attached hydrogens (primary N) is 1. The third kappa shape index (κ3) is 4.30. The van der Waals surface area contributed by atoms with Gasteiger partial charge in [-0.15, -0.1) is 5.10 Å². The van der Waals surface area contributed by atoms with Gasteiger partial charge >= 0.3 is 6.61 Å². The lowest BCUT2D eigenvalue weighted by Gasteiger charge is -2.14. The summed E-state index contributed by atoms with van der Waals surface area (Å²) >= 11 is 12.0. The second kappa shape index (κ2) is 8.64. The molecule has 0 saturated carbocycles. The van der Waals surface area contributed by atoms with Gasteiger partial charge in [-0.05, 0) is 24.6 Å². The van der Waals surface area contributed by atoms with E-state index in [-0.39, 0.29) is 32.8 Å². The normalized spacial score (nSPS) is 11.2. The van der Waals surface area contributed by atoms with E-state index in [0.717, 1.165) is 10.7 Å². The number of benzene rings is 1. The molecule has 2 amide bonds. The highest BCUT2D eigenvalue weighted by Crippen LogP contribution is 2.30. The summed E-state index contributed by atoms with van der Waals surface area (Å²) in [6.07, 6.45) is 2.74. The third-order valence-corrected chi connectivity index (χ3v) is 5.02. The number of amides is 2. The molecule has 4 aromatic rings. The van der Waals surface area contributed by atoms with Crippen molar-refractivity contribution in [2.45, 2.75) is 13.5 Å². The second-order valence-electron chi connectivity index (χ2n) is 6.71. The van der Waals surface area contributed by atoms with Crippen LogP contribution < -0.4 is 15.8 Å². The quantitative estimate of drug-likeness (QED) is 0.372. The lowest BCUT2D eigenvalue weighted by atomic mass is 10.0. The predicted molar refractivity (Wildman–Crippen MR) is 115 cm³/mol. The van der Waals surface area contributed by atoms with Gasteiger partial charge in [-0.1, -0.05) is 23.2 Å². The molecule has 1 aromatic carbocycles. The largest absolute Gasteiger partial charge is 0.415 e. The number of aromatic nitrogens is 5. The Morgan fingerprint density at radius 3 is 2.67 bits per heavy atom. The molecular weight excluding hydrogens is 483 g/mol. The Labute approximate surface area is 193 Å². The number of aromatic amines is 1. The molecular formula is C19H13Cl2F2N7O3. The van der Waals surface area contributed by atoms with E-state index in [1.165, 1.54) is 18.5 Å². The number of hydrogen-bond acceptors (Lipinski definition) is 6. The van der Waals surface area contributed by atoms with Crippen LogP contribution in [-0.2, 0) is 0 Å². The summed E-state index contributed by atoms with van der Waals surface area (Å²) in [7, 11) is 0. The number of H-pyrrole nitrogens is 1. The topological polar surface area (TPSA) is 141 Å². The molecule has 0 bridgehead atoms.